The first-order chi connectivity index (χ1) is 13.2. The Labute approximate surface area is 159 Å². The number of hydrogen-bond donors (Lipinski definition) is 1. The molecule has 0 bridgehead atoms. The molecule has 1 atom stereocenters. The van der Waals surface area contributed by atoms with E-state index in [9.17, 15) is 5.11 Å². The highest BCUT2D eigenvalue weighted by molar-refractivity contribution is 5.37. The molecular weight excluding hydrogens is 338 g/mol. The highest BCUT2D eigenvalue weighted by Crippen LogP contribution is 2.33. The number of ether oxygens (including phenoxy) is 1. The van der Waals surface area contributed by atoms with Crippen molar-refractivity contribution in [2.75, 3.05) is 20.2 Å². The number of aliphatic hydroxyl groups is 1. The zero-order valence-corrected chi connectivity index (χ0v) is 15.6. The third kappa shape index (κ3) is 3.89. The first-order valence-electron chi connectivity index (χ1n) is 9.30. The minimum Gasteiger partial charge on any atom is -0.496 e. The van der Waals surface area contributed by atoms with E-state index in [4.69, 9.17) is 4.74 Å². The summed E-state index contributed by atoms with van der Waals surface area (Å²) in [6, 6.07) is 18.2. The number of aromatic nitrogens is 2. The van der Waals surface area contributed by atoms with Crippen molar-refractivity contribution in [2.24, 2.45) is 0 Å². The van der Waals surface area contributed by atoms with E-state index in [1.165, 1.54) is 5.56 Å². The van der Waals surface area contributed by atoms with E-state index in [0.717, 1.165) is 36.4 Å². The third-order valence-corrected chi connectivity index (χ3v) is 5.28. The molecular formula is C22H25N3O2. The Morgan fingerprint density at radius 3 is 2.70 bits per heavy atom. The normalized spacial score (nSPS) is 20.1. The van der Waals surface area contributed by atoms with E-state index in [-0.39, 0.29) is 0 Å². The van der Waals surface area contributed by atoms with Gasteiger partial charge in [0.2, 0.25) is 0 Å². The summed E-state index contributed by atoms with van der Waals surface area (Å²) in [5.74, 6) is 0.872. The Bertz CT molecular complexity index is 880. The molecule has 1 saturated heterocycles. The van der Waals surface area contributed by atoms with Crippen LogP contribution in [0.3, 0.4) is 0 Å². The monoisotopic (exact) mass is 363 g/mol. The van der Waals surface area contributed by atoms with Gasteiger partial charge in [-0.1, -0.05) is 36.4 Å². The molecule has 5 nitrogen and oxygen atoms in total. The van der Waals surface area contributed by atoms with Crippen molar-refractivity contribution in [2.45, 2.75) is 25.1 Å². The summed E-state index contributed by atoms with van der Waals surface area (Å²) in [6.45, 7) is 3.02. The quantitative estimate of drug-likeness (QED) is 0.731. The maximum absolute atomic E-state index is 11.0. The lowest BCUT2D eigenvalue weighted by Gasteiger charge is -2.24. The molecule has 0 saturated carbocycles. The number of methoxy groups -OCH3 is 1. The van der Waals surface area contributed by atoms with Crippen molar-refractivity contribution in [3.05, 3.63) is 83.7 Å². The van der Waals surface area contributed by atoms with E-state index in [1.54, 1.807) is 13.3 Å². The number of β-amino-alcohol motifs (C(OH)–C–C–N with tert-alkyl or cyclic N) is 1. The molecule has 0 aliphatic carbocycles. The molecule has 0 radical (unpaired) electrons. The minimum absolute atomic E-state index is 0.650. The van der Waals surface area contributed by atoms with Gasteiger partial charge in [-0.2, -0.15) is 5.10 Å². The van der Waals surface area contributed by atoms with Crippen LogP contribution in [0, 0.1) is 0 Å². The predicted molar refractivity (Wildman–Crippen MR) is 105 cm³/mol. The summed E-state index contributed by atoms with van der Waals surface area (Å²) >= 11 is 0. The Morgan fingerprint density at radius 2 is 1.96 bits per heavy atom. The molecule has 3 aromatic rings. The fourth-order valence-corrected chi connectivity index (χ4v) is 3.87. The number of nitrogens with zero attached hydrogens (tertiary/aromatic N) is 3. The molecule has 0 amide bonds. The minimum atomic E-state index is -0.758. The summed E-state index contributed by atoms with van der Waals surface area (Å²) in [7, 11) is 1.70. The second-order valence-electron chi connectivity index (χ2n) is 7.21. The van der Waals surface area contributed by atoms with Crippen molar-refractivity contribution in [1.29, 1.82) is 0 Å². The first-order valence-corrected chi connectivity index (χ1v) is 9.30. The van der Waals surface area contributed by atoms with Crippen LogP contribution in [-0.2, 0) is 18.7 Å². The molecule has 1 aliphatic rings. The summed E-state index contributed by atoms with van der Waals surface area (Å²) in [5, 5.41) is 15.3. The van der Waals surface area contributed by atoms with Gasteiger partial charge in [-0.15, -0.1) is 0 Å². The van der Waals surface area contributed by atoms with Crippen LogP contribution in [-0.4, -0.2) is 40.0 Å². The van der Waals surface area contributed by atoms with E-state index in [0.29, 0.717) is 13.1 Å². The van der Waals surface area contributed by atoms with Gasteiger partial charge in [0.1, 0.15) is 11.4 Å². The van der Waals surface area contributed by atoms with Gasteiger partial charge in [0, 0.05) is 37.6 Å². The molecule has 1 N–H and O–H groups in total. The summed E-state index contributed by atoms with van der Waals surface area (Å²) in [6.07, 6.45) is 4.49. The van der Waals surface area contributed by atoms with Crippen LogP contribution in [0.25, 0.3) is 0 Å². The standard InChI is InChI=1S/C22H25N3O2/c1-27-21-9-8-18(14-19(21)16-25-12-5-11-23-25)15-24-13-10-22(26,17-24)20-6-3-2-4-7-20/h2-9,11-12,14,26H,10,13,15-17H2,1H3. The van der Waals surface area contributed by atoms with Crippen LogP contribution >= 0.6 is 0 Å². The van der Waals surface area contributed by atoms with Gasteiger partial charge in [-0.25, -0.2) is 0 Å². The molecule has 1 unspecified atom stereocenters. The van der Waals surface area contributed by atoms with Crippen molar-refractivity contribution >= 4 is 0 Å². The highest BCUT2D eigenvalue weighted by Gasteiger charge is 2.37. The van der Waals surface area contributed by atoms with Crippen molar-refractivity contribution < 1.29 is 9.84 Å². The molecule has 1 aliphatic heterocycles. The second kappa shape index (κ2) is 7.55. The van der Waals surface area contributed by atoms with E-state index in [2.05, 4.69) is 22.1 Å². The fourth-order valence-electron chi connectivity index (χ4n) is 3.87. The molecule has 0 spiro atoms. The molecule has 140 valence electrons. The average Bonchev–Trinajstić information content (AvgIpc) is 3.33. The lowest BCUT2D eigenvalue weighted by atomic mass is 9.93. The maximum atomic E-state index is 11.0. The fraction of sp³-hybridized carbons (Fsp3) is 0.318. The molecule has 1 aromatic heterocycles. The van der Waals surface area contributed by atoms with Crippen LogP contribution in [0.4, 0.5) is 0 Å². The zero-order chi connectivity index (χ0) is 18.7. The largest absolute Gasteiger partial charge is 0.496 e. The summed E-state index contributed by atoms with van der Waals surface area (Å²) in [4.78, 5) is 2.31. The Balaban J connectivity index is 1.48. The van der Waals surface area contributed by atoms with Gasteiger partial charge in [0.15, 0.2) is 0 Å². The first kappa shape index (κ1) is 17.8. The van der Waals surface area contributed by atoms with Gasteiger partial charge in [-0.05, 0) is 35.7 Å². The number of benzene rings is 2. The van der Waals surface area contributed by atoms with E-state index in [1.807, 2.05) is 53.3 Å². The molecule has 5 heteroatoms. The molecule has 1 fully saturated rings. The Hall–Kier alpha value is -2.63. The number of rotatable bonds is 6. The number of hydrogen-bond acceptors (Lipinski definition) is 4. The predicted octanol–water partition coefficient (Wildman–Crippen LogP) is 3.03. The second-order valence-corrected chi connectivity index (χ2v) is 7.21. The average molecular weight is 363 g/mol. The third-order valence-electron chi connectivity index (χ3n) is 5.28. The van der Waals surface area contributed by atoms with Crippen LogP contribution in [0.2, 0.25) is 0 Å². The topological polar surface area (TPSA) is 50.5 Å². The van der Waals surface area contributed by atoms with Gasteiger partial charge < -0.3 is 9.84 Å². The van der Waals surface area contributed by atoms with Crippen molar-refractivity contribution in [3.8, 4) is 5.75 Å². The SMILES string of the molecule is COc1ccc(CN2CCC(O)(c3ccccc3)C2)cc1Cn1cccn1. The van der Waals surface area contributed by atoms with Crippen molar-refractivity contribution in [1.82, 2.24) is 14.7 Å². The van der Waals surface area contributed by atoms with Crippen LogP contribution in [0.5, 0.6) is 5.75 Å². The number of likely N-dealkylation sites (tertiary alicyclic amines) is 1. The van der Waals surface area contributed by atoms with Gasteiger partial charge in [0.25, 0.3) is 0 Å². The zero-order valence-electron chi connectivity index (χ0n) is 15.6. The van der Waals surface area contributed by atoms with Crippen molar-refractivity contribution in [3.63, 3.8) is 0 Å². The Kier molecular flexibility index (Phi) is 4.97. The van der Waals surface area contributed by atoms with Gasteiger partial charge in [-0.3, -0.25) is 9.58 Å². The van der Waals surface area contributed by atoms with Crippen LogP contribution in [0.15, 0.2) is 67.0 Å². The smallest absolute Gasteiger partial charge is 0.123 e. The van der Waals surface area contributed by atoms with Crippen LogP contribution < -0.4 is 4.74 Å². The lowest BCUT2D eigenvalue weighted by molar-refractivity contribution is 0.0453. The molecule has 2 heterocycles. The molecule has 4 rings (SSSR count). The maximum Gasteiger partial charge on any atom is 0.123 e. The summed E-state index contributed by atoms with van der Waals surface area (Å²) in [5.41, 5.74) is 2.57. The molecule has 2 aromatic carbocycles. The van der Waals surface area contributed by atoms with E-state index < -0.39 is 5.60 Å². The van der Waals surface area contributed by atoms with Gasteiger partial charge >= 0.3 is 0 Å². The molecule has 27 heavy (non-hydrogen) atoms. The highest BCUT2D eigenvalue weighted by atomic mass is 16.5. The lowest BCUT2D eigenvalue weighted by Crippen LogP contribution is -2.30. The van der Waals surface area contributed by atoms with Crippen LogP contribution in [0.1, 0.15) is 23.1 Å². The van der Waals surface area contributed by atoms with E-state index >= 15 is 0 Å². The summed E-state index contributed by atoms with van der Waals surface area (Å²) < 4.78 is 7.41. The Morgan fingerprint density at radius 1 is 1.11 bits per heavy atom. The van der Waals surface area contributed by atoms with Gasteiger partial charge in [0.05, 0.1) is 13.7 Å².